The van der Waals surface area contributed by atoms with Crippen LogP contribution in [-0.4, -0.2) is 0 Å². The molecule has 4 aromatic heterocycles. The molecule has 196 valence electrons. The fourth-order valence-corrected chi connectivity index (χ4v) is 9.05. The highest BCUT2D eigenvalue weighted by molar-refractivity contribution is 7.44. The van der Waals surface area contributed by atoms with E-state index in [2.05, 4.69) is 97.1 Å². The summed E-state index contributed by atoms with van der Waals surface area (Å²) in [6.45, 7) is 0. The van der Waals surface area contributed by atoms with Crippen LogP contribution in [-0.2, 0) is 0 Å². The molecule has 0 saturated heterocycles. The fraction of sp³-hybridized carbons (Fsp3) is 0. The first-order valence-corrected chi connectivity index (χ1v) is 15.6. The van der Waals surface area contributed by atoms with Crippen molar-refractivity contribution >= 4 is 96.1 Å². The number of para-hydroxylation sites is 2. The number of hydrogen-bond acceptors (Lipinski definition) is 4. The van der Waals surface area contributed by atoms with E-state index in [9.17, 15) is 0 Å². The average Bonchev–Trinajstić information content (AvgIpc) is 3.78. The molecule has 10 aromatic rings. The van der Waals surface area contributed by atoms with Crippen LogP contribution in [0, 0.1) is 0 Å². The molecule has 4 heteroatoms. The van der Waals surface area contributed by atoms with Crippen LogP contribution < -0.4 is 0 Å². The minimum Gasteiger partial charge on any atom is -0.456 e. The zero-order valence-electron chi connectivity index (χ0n) is 22.2. The van der Waals surface area contributed by atoms with Crippen molar-refractivity contribution in [2.45, 2.75) is 0 Å². The number of hydrogen-bond donors (Lipinski definition) is 0. The van der Waals surface area contributed by atoms with Gasteiger partial charge in [0.2, 0.25) is 0 Å². The van der Waals surface area contributed by atoms with Gasteiger partial charge in [-0.3, -0.25) is 0 Å². The standard InChI is InChI=1S/C38H20O2S2/c1-3-7-31-25(5-1)27-17-21(9-13-33(27)39-31)23-11-15-35-29(19-23)37-30-20-24(12-16-36(30)42-38(37)41-35)22-10-14-34-28(18-22)26-6-2-4-8-32(26)40-34/h1-20H. The Morgan fingerprint density at radius 2 is 0.762 bits per heavy atom. The van der Waals surface area contributed by atoms with E-state index in [1.165, 1.54) is 51.8 Å². The molecule has 0 aliphatic rings. The highest BCUT2D eigenvalue weighted by atomic mass is 32.2. The van der Waals surface area contributed by atoms with E-state index in [-0.39, 0.29) is 0 Å². The van der Waals surface area contributed by atoms with Crippen LogP contribution >= 0.6 is 22.7 Å². The third-order valence-corrected chi connectivity index (χ3v) is 11.0. The van der Waals surface area contributed by atoms with Gasteiger partial charge in [0.05, 0.1) is 4.01 Å². The van der Waals surface area contributed by atoms with Crippen molar-refractivity contribution in [2.75, 3.05) is 0 Å². The van der Waals surface area contributed by atoms with Gasteiger partial charge in [0.15, 0.2) is 0 Å². The van der Waals surface area contributed by atoms with Gasteiger partial charge < -0.3 is 8.83 Å². The molecular formula is C38H20O2S2. The topological polar surface area (TPSA) is 26.3 Å². The van der Waals surface area contributed by atoms with E-state index in [1.54, 1.807) is 0 Å². The summed E-state index contributed by atoms with van der Waals surface area (Å²) in [6, 6.07) is 43.5. The van der Waals surface area contributed by atoms with E-state index < -0.39 is 0 Å². The van der Waals surface area contributed by atoms with E-state index in [4.69, 9.17) is 8.83 Å². The Bertz CT molecular complexity index is 2510. The molecule has 4 heterocycles. The lowest BCUT2D eigenvalue weighted by Gasteiger charge is -2.05. The van der Waals surface area contributed by atoms with Gasteiger partial charge >= 0.3 is 0 Å². The van der Waals surface area contributed by atoms with Crippen molar-refractivity contribution in [2.24, 2.45) is 0 Å². The summed E-state index contributed by atoms with van der Waals surface area (Å²) in [4.78, 5) is 0. The van der Waals surface area contributed by atoms with Crippen molar-refractivity contribution in [3.05, 3.63) is 121 Å². The molecule has 0 bridgehead atoms. The summed E-state index contributed by atoms with van der Waals surface area (Å²) in [5.74, 6) is 0. The van der Waals surface area contributed by atoms with Crippen molar-refractivity contribution < 1.29 is 8.83 Å². The summed E-state index contributed by atoms with van der Waals surface area (Å²) in [5.41, 5.74) is 8.58. The molecule has 0 spiro atoms. The molecule has 0 aliphatic carbocycles. The third-order valence-electron chi connectivity index (χ3n) is 8.53. The number of rotatable bonds is 2. The van der Waals surface area contributed by atoms with E-state index >= 15 is 0 Å². The lowest BCUT2D eigenvalue weighted by Crippen LogP contribution is -1.79. The second-order valence-electron chi connectivity index (χ2n) is 10.9. The van der Waals surface area contributed by atoms with Crippen LogP contribution in [0.5, 0.6) is 0 Å². The smallest absolute Gasteiger partial charge is 0.135 e. The van der Waals surface area contributed by atoms with Gasteiger partial charge in [0.25, 0.3) is 0 Å². The van der Waals surface area contributed by atoms with Crippen molar-refractivity contribution in [1.82, 2.24) is 0 Å². The van der Waals surface area contributed by atoms with Gasteiger partial charge in [0.1, 0.15) is 22.3 Å². The number of fused-ring (bicyclic) bond motifs is 11. The van der Waals surface area contributed by atoms with E-state index in [0.29, 0.717) is 0 Å². The first kappa shape index (κ1) is 22.8. The summed E-state index contributed by atoms with van der Waals surface area (Å²) in [5, 5.41) is 8.65. The molecule has 42 heavy (non-hydrogen) atoms. The van der Waals surface area contributed by atoms with Crippen LogP contribution in [0.4, 0.5) is 0 Å². The Morgan fingerprint density at radius 3 is 1.26 bits per heavy atom. The zero-order valence-corrected chi connectivity index (χ0v) is 23.8. The average molecular weight is 573 g/mol. The monoisotopic (exact) mass is 572 g/mol. The molecule has 0 N–H and O–H groups in total. The minimum absolute atomic E-state index is 0.928. The Balaban J connectivity index is 1.15. The van der Waals surface area contributed by atoms with Gasteiger partial charge in [-0.05, 0) is 82.9 Å². The molecule has 0 saturated carbocycles. The Labute approximate surface area is 247 Å². The van der Waals surface area contributed by atoms with Gasteiger partial charge in [-0.1, -0.05) is 60.7 Å². The first-order valence-electron chi connectivity index (χ1n) is 14.0. The zero-order chi connectivity index (χ0) is 27.4. The highest BCUT2D eigenvalue weighted by Gasteiger charge is 2.16. The maximum Gasteiger partial charge on any atom is 0.135 e. The maximum absolute atomic E-state index is 6.08. The van der Waals surface area contributed by atoms with Crippen molar-refractivity contribution in [3.8, 4) is 22.3 Å². The second kappa shape index (κ2) is 8.32. The Kier molecular flexibility index (Phi) is 4.51. The van der Waals surface area contributed by atoms with Gasteiger partial charge in [-0.2, -0.15) is 0 Å². The Hall–Kier alpha value is -4.90. The van der Waals surface area contributed by atoms with Crippen LogP contribution in [0.3, 0.4) is 0 Å². The summed E-state index contributed by atoms with van der Waals surface area (Å²) in [6.07, 6.45) is 0. The van der Waals surface area contributed by atoms with Crippen LogP contribution in [0.15, 0.2) is 130 Å². The van der Waals surface area contributed by atoms with Gasteiger partial charge in [-0.15, -0.1) is 22.7 Å². The summed E-state index contributed by atoms with van der Waals surface area (Å²) < 4.78 is 16.2. The lowest BCUT2D eigenvalue weighted by atomic mass is 9.99. The highest BCUT2D eigenvalue weighted by Crippen LogP contribution is 2.46. The van der Waals surface area contributed by atoms with Crippen molar-refractivity contribution in [3.63, 3.8) is 0 Å². The number of furan rings is 2. The quantitative estimate of drug-likeness (QED) is 0.206. The maximum atomic E-state index is 6.08. The van der Waals surface area contributed by atoms with Crippen molar-refractivity contribution in [1.29, 1.82) is 0 Å². The molecule has 0 amide bonds. The van der Waals surface area contributed by atoms with Crippen LogP contribution in [0.25, 0.3) is 95.7 Å². The molecule has 10 rings (SSSR count). The molecule has 0 radical (unpaired) electrons. The van der Waals surface area contributed by atoms with Crippen LogP contribution in [0.2, 0.25) is 0 Å². The number of thiophene rings is 2. The molecule has 0 atom stereocenters. The van der Waals surface area contributed by atoms with Gasteiger partial charge in [-0.25, -0.2) is 0 Å². The predicted octanol–water partition coefficient (Wildman–Crippen LogP) is 12.4. The fourth-order valence-electron chi connectivity index (χ4n) is 6.49. The predicted molar refractivity (Wildman–Crippen MR) is 180 cm³/mol. The molecular weight excluding hydrogens is 553 g/mol. The molecule has 0 fully saturated rings. The van der Waals surface area contributed by atoms with Gasteiger partial charge in [0, 0.05) is 47.1 Å². The van der Waals surface area contributed by atoms with E-state index in [0.717, 1.165) is 43.9 Å². The van der Waals surface area contributed by atoms with E-state index in [1.807, 2.05) is 46.9 Å². The minimum atomic E-state index is 0.928. The molecule has 0 aliphatic heterocycles. The molecule has 2 nitrogen and oxygen atoms in total. The molecule has 0 unspecified atom stereocenters. The number of benzene rings is 6. The van der Waals surface area contributed by atoms with Crippen LogP contribution in [0.1, 0.15) is 0 Å². The third kappa shape index (κ3) is 3.19. The summed E-state index contributed by atoms with van der Waals surface area (Å²) in [7, 11) is 0. The lowest BCUT2D eigenvalue weighted by molar-refractivity contribution is 0.668. The largest absolute Gasteiger partial charge is 0.456 e. The normalized spacial score (nSPS) is 12.3. The SMILES string of the molecule is c1ccc2c(c1)oc1ccc(-c3ccc4sc5sc6ccc(-c7ccc8oc9ccccc9c8c7)cc6c5c4c3)cc12. The summed E-state index contributed by atoms with van der Waals surface area (Å²) >= 11 is 3.79. The first-order chi connectivity index (χ1) is 20.8. The molecule has 6 aromatic carbocycles. The Morgan fingerprint density at radius 1 is 0.357 bits per heavy atom. The second-order valence-corrected chi connectivity index (χ2v) is 13.3.